The lowest BCUT2D eigenvalue weighted by Gasteiger charge is -2.34. The van der Waals surface area contributed by atoms with E-state index in [4.69, 9.17) is 0 Å². The summed E-state index contributed by atoms with van der Waals surface area (Å²) in [6, 6.07) is 13.5. The van der Waals surface area contributed by atoms with Gasteiger partial charge in [0.15, 0.2) is 0 Å². The van der Waals surface area contributed by atoms with Gasteiger partial charge in [0.1, 0.15) is 12.2 Å². The lowest BCUT2D eigenvalue weighted by Crippen LogP contribution is -2.51. The van der Waals surface area contributed by atoms with Crippen molar-refractivity contribution in [1.82, 2.24) is 19.8 Å². The number of rotatable bonds is 3. The Balaban J connectivity index is 0.000000300. The van der Waals surface area contributed by atoms with Crippen molar-refractivity contribution in [2.45, 2.75) is 26.3 Å². The van der Waals surface area contributed by atoms with Gasteiger partial charge in [-0.15, -0.1) is 0 Å². The molecule has 1 aliphatic heterocycles. The number of carbonyl (C=O) groups is 2. The number of aromatic nitrogens is 2. The molecule has 0 bridgehead atoms. The number of allylic oxidation sites excluding steroid dienone is 4. The molecule has 5 rings (SSSR count). The van der Waals surface area contributed by atoms with Crippen molar-refractivity contribution in [2.75, 3.05) is 19.6 Å². The van der Waals surface area contributed by atoms with Crippen LogP contribution in [0.3, 0.4) is 0 Å². The van der Waals surface area contributed by atoms with Crippen LogP contribution in [-0.2, 0) is 11.3 Å². The maximum absolute atomic E-state index is 12.7. The first-order chi connectivity index (χ1) is 15.6. The number of pyridine rings is 1. The fourth-order valence-corrected chi connectivity index (χ4v) is 3.86. The van der Waals surface area contributed by atoms with E-state index < -0.39 is 0 Å². The van der Waals surface area contributed by atoms with Gasteiger partial charge in [-0.1, -0.05) is 54.1 Å². The Morgan fingerprint density at radius 3 is 2.62 bits per heavy atom. The number of carbonyl (C=O) groups excluding carboxylic acids is 2. The van der Waals surface area contributed by atoms with Crippen LogP contribution in [0, 0.1) is 0 Å². The van der Waals surface area contributed by atoms with Crippen LogP contribution in [-0.4, -0.2) is 51.2 Å². The van der Waals surface area contributed by atoms with Gasteiger partial charge in [-0.2, -0.15) is 0 Å². The zero-order chi connectivity index (χ0) is 22.3. The SMILES string of the molecule is CC1=CCCC=C1.O=C1CN(C(=O)c2cc3cnccc3[nH]2)CCN1Cc1ccccc1. The minimum atomic E-state index is -0.149. The van der Waals surface area contributed by atoms with E-state index in [1.165, 1.54) is 18.4 Å². The van der Waals surface area contributed by atoms with Crippen molar-refractivity contribution in [3.05, 3.63) is 89.9 Å². The van der Waals surface area contributed by atoms with Crippen LogP contribution < -0.4 is 0 Å². The molecule has 6 heteroatoms. The van der Waals surface area contributed by atoms with Crippen molar-refractivity contribution in [3.63, 3.8) is 0 Å². The van der Waals surface area contributed by atoms with E-state index >= 15 is 0 Å². The predicted octanol–water partition coefficient (Wildman–Crippen LogP) is 4.33. The highest BCUT2D eigenvalue weighted by atomic mass is 16.2. The van der Waals surface area contributed by atoms with Crippen LogP contribution in [0.2, 0.25) is 0 Å². The third-order valence-corrected chi connectivity index (χ3v) is 5.65. The molecular weight excluding hydrogens is 400 g/mol. The second-order valence-electron chi connectivity index (χ2n) is 8.10. The first-order valence-corrected chi connectivity index (χ1v) is 11.0. The Morgan fingerprint density at radius 1 is 1.12 bits per heavy atom. The third-order valence-electron chi connectivity index (χ3n) is 5.65. The smallest absolute Gasteiger partial charge is 0.270 e. The van der Waals surface area contributed by atoms with Gasteiger partial charge in [-0.05, 0) is 37.5 Å². The normalized spacial score (nSPS) is 15.9. The molecule has 3 aromatic rings. The second-order valence-corrected chi connectivity index (χ2v) is 8.10. The Hall–Kier alpha value is -3.67. The van der Waals surface area contributed by atoms with Gasteiger partial charge in [-0.3, -0.25) is 14.6 Å². The molecule has 32 heavy (non-hydrogen) atoms. The summed E-state index contributed by atoms with van der Waals surface area (Å²) in [5, 5.41) is 0.889. The highest BCUT2D eigenvalue weighted by molar-refractivity contribution is 5.99. The molecular formula is C26H28N4O2. The molecule has 0 saturated carbocycles. The maximum Gasteiger partial charge on any atom is 0.270 e. The first-order valence-electron chi connectivity index (χ1n) is 11.0. The number of piperazine rings is 1. The standard InChI is InChI=1S/C19H18N4O2.C7H10/c24-18-13-23(9-8-22(18)12-14-4-2-1-3-5-14)19(25)17-10-15-11-20-7-6-16(15)21-17;1-7-5-3-2-4-6-7/h1-7,10-11,21H,8-9,12-13H2;3,5-6H,2,4H2,1H3. The Morgan fingerprint density at radius 2 is 1.97 bits per heavy atom. The van der Waals surface area contributed by atoms with Crippen LogP contribution in [0.4, 0.5) is 0 Å². The maximum atomic E-state index is 12.7. The van der Waals surface area contributed by atoms with Crippen LogP contribution in [0.1, 0.15) is 35.8 Å². The number of nitrogens with zero attached hydrogens (tertiary/aromatic N) is 3. The van der Waals surface area contributed by atoms with Crippen molar-refractivity contribution < 1.29 is 9.59 Å². The highest BCUT2D eigenvalue weighted by Crippen LogP contribution is 2.17. The van der Waals surface area contributed by atoms with Gasteiger partial charge >= 0.3 is 0 Å². The van der Waals surface area contributed by atoms with E-state index in [0.29, 0.717) is 25.3 Å². The summed E-state index contributed by atoms with van der Waals surface area (Å²) in [5.74, 6) is -0.176. The first kappa shape index (κ1) is 21.6. The fraction of sp³-hybridized carbons (Fsp3) is 0.269. The number of fused-ring (bicyclic) bond motifs is 1. The number of hydrogen-bond acceptors (Lipinski definition) is 3. The quantitative estimate of drug-likeness (QED) is 0.675. The van der Waals surface area contributed by atoms with E-state index in [1.54, 1.807) is 28.3 Å². The molecule has 1 aromatic carbocycles. The van der Waals surface area contributed by atoms with E-state index in [2.05, 4.69) is 35.1 Å². The molecule has 1 fully saturated rings. The average molecular weight is 429 g/mol. The van der Waals surface area contributed by atoms with Gasteiger partial charge < -0.3 is 14.8 Å². The highest BCUT2D eigenvalue weighted by Gasteiger charge is 2.28. The van der Waals surface area contributed by atoms with E-state index in [1.807, 2.05) is 36.4 Å². The molecule has 6 nitrogen and oxygen atoms in total. The molecule has 3 heterocycles. The lowest BCUT2D eigenvalue weighted by molar-refractivity contribution is -0.135. The fourth-order valence-electron chi connectivity index (χ4n) is 3.86. The Kier molecular flexibility index (Phi) is 6.80. The summed E-state index contributed by atoms with van der Waals surface area (Å²) in [4.78, 5) is 35.7. The van der Waals surface area contributed by atoms with Crippen LogP contribution >= 0.6 is 0 Å². The van der Waals surface area contributed by atoms with E-state index in [9.17, 15) is 9.59 Å². The number of hydrogen-bond donors (Lipinski definition) is 1. The van der Waals surface area contributed by atoms with Crippen LogP contribution in [0.25, 0.3) is 10.9 Å². The summed E-state index contributed by atoms with van der Waals surface area (Å²) in [6.45, 7) is 3.90. The zero-order valence-electron chi connectivity index (χ0n) is 18.3. The monoisotopic (exact) mass is 428 g/mol. The van der Waals surface area contributed by atoms with Crippen LogP contribution in [0.15, 0.2) is 78.7 Å². The number of H-pyrrole nitrogens is 1. The Labute approximate surface area is 188 Å². The summed E-state index contributed by atoms with van der Waals surface area (Å²) in [5.41, 5.74) is 3.87. The number of aromatic amines is 1. The lowest BCUT2D eigenvalue weighted by atomic mass is 10.1. The van der Waals surface area contributed by atoms with E-state index in [0.717, 1.165) is 16.5 Å². The molecule has 0 spiro atoms. The average Bonchev–Trinajstić information content (AvgIpc) is 3.26. The summed E-state index contributed by atoms with van der Waals surface area (Å²) >= 11 is 0. The molecule has 2 amide bonds. The van der Waals surface area contributed by atoms with Crippen LogP contribution in [0.5, 0.6) is 0 Å². The molecule has 1 N–H and O–H groups in total. The Bertz CT molecular complexity index is 1110. The summed E-state index contributed by atoms with van der Waals surface area (Å²) in [7, 11) is 0. The molecule has 164 valence electrons. The second kappa shape index (κ2) is 10.1. The topological polar surface area (TPSA) is 69.3 Å². The van der Waals surface area contributed by atoms with Crippen molar-refractivity contribution in [2.24, 2.45) is 0 Å². The molecule has 0 unspecified atom stereocenters. The summed E-state index contributed by atoms with van der Waals surface area (Å²) in [6.07, 6.45) is 12.5. The minimum absolute atomic E-state index is 0.0266. The van der Waals surface area contributed by atoms with E-state index in [-0.39, 0.29) is 18.4 Å². The number of nitrogens with one attached hydrogen (secondary N) is 1. The van der Waals surface area contributed by atoms with Crippen molar-refractivity contribution in [3.8, 4) is 0 Å². The summed E-state index contributed by atoms with van der Waals surface area (Å²) < 4.78 is 0. The predicted molar refractivity (Wildman–Crippen MR) is 126 cm³/mol. The number of amides is 2. The largest absolute Gasteiger partial charge is 0.350 e. The molecule has 2 aliphatic rings. The van der Waals surface area contributed by atoms with Gasteiger partial charge in [0, 0.05) is 42.9 Å². The van der Waals surface area contributed by atoms with Gasteiger partial charge in [0.25, 0.3) is 5.91 Å². The third kappa shape index (κ3) is 5.32. The van der Waals surface area contributed by atoms with Gasteiger partial charge in [0.2, 0.25) is 5.91 Å². The zero-order valence-corrected chi connectivity index (χ0v) is 18.3. The molecule has 1 saturated heterocycles. The number of benzene rings is 1. The van der Waals surface area contributed by atoms with Crippen molar-refractivity contribution >= 4 is 22.7 Å². The van der Waals surface area contributed by atoms with Gasteiger partial charge in [-0.25, -0.2) is 0 Å². The minimum Gasteiger partial charge on any atom is -0.350 e. The van der Waals surface area contributed by atoms with Gasteiger partial charge in [0.05, 0.1) is 0 Å². The molecule has 1 aliphatic carbocycles. The molecule has 0 atom stereocenters. The molecule has 2 aromatic heterocycles. The molecule has 0 radical (unpaired) electrons. The van der Waals surface area contributed by atoms with Crippen molar-refractivity contribution in [1.29, 1.82) is 0 Å².